The van der Waals surface area contributed by atoms with Gasteiger partial charge in [0.05, 0.1) is 13.1 Å². The van der Waals surface area contributed by atoms with Gasteiger partial charge >= 0.3 is 23.9 Å². The van der Waals surface area contributed by atoms with E-state index in [0.717, 1.165) is 77.3 Å². The fourth-order valence-electron chi connectivity index (χ4n) is 11.7. The van der Waals surface area contributed by atoms with Crippen LogP contribution in [0.1, 0.15) is 126 Å². The molecule has 11 atom stereocenters. The van der Waals surface area contributed by atoms with Crippen LogP contribution in [0.2, 0.25) is 0 Å². The maximum atomic E-state index is 13.2. The summed E-state index contributed by atoms with van der Waals surface area (Å²) in [6.07, 6.45) is 8.63. The molecule has 47 heavy (non-hydrogen) atoms. The molecule has 0 amide bonds. The van der Waals surface area contributed by atoms with E-state index >= 15 is 0 Å². The molecule has 5 fully saturated rings. The van der Waals surface area contributed by atoms with Crippen LogP contribution in [0, 0.1) is 52.3 Å². The lowest BCUT2D eigenvalue weighted by molar-refractivity contribution is -0.665. The van der Waals surface area contributed by atoms with Crippen molar-refractivity contribution in [3.63, 3.8) is 0 Å². The molecule has 266 valence electrons. The third-order valence-corrected chi connectivity index (χ3v) is 14.0. The van der Waals surface area contributed by atoms with Crippen molar-refractivity contribution in [1.29, 1.82) is 0 Å². The zero-order chi connectivity index (χ0) is 34.3. The lowest BCUT2D eigenvalue weighted by atomic mass is 9.43. The van der Waals surface area contributed by atoms with Gasteiger partial charge in [-0.1, -0.05) is 20.8 Å². The molecule has 1 aliphatic heterocycles. The van der Waals surface area contributed by atoms with Gasteiger partial charge in [0.15, 0.2) is 0 Å². The minimum Gasteiger partial charge on any atom is -0.463 e. The molecule has 2 N–H and O–H groups in total. The number of carbonyl (C=O) groups excluding carboxylic acids is 4. The first-order chi connectivity index (χ1) is 22.1. The molecule has 5 rings (SSSR count). The average molecular weight is 661 g/mol. The standard InChI is InChI=1S/C38H61NO8/c1-22(9-12-34(43)47-36(5,6)26-14-17-39-18-15-26)29-10-11-30-35-31(21-33(38(29,30)8)46-25(4)42)37(7)16-13-28(44-23(2)40)19-27(37)20-32(35)45-24(3)41/h22,26-33,35,39H,9-21H2,1-8H3/p+1/t22-,27+,28?,29-,30+,31+,32?,33?,35+,37+,38-/m1/s1. The Morgan fingerprint density at radius 3 is 2.13 bits per heavy atom. The summed E-state index contributed by atoms with van der Waals surface area (Å²) in [6.45, 7) is 17.7. The van der Waals surface area contributed by atoms with E-state index in [1.165, 1.54) is 20.8 Å². The van der Waals surface area contributed by atoms with Gasteiger partial charge in [-0.25, -0.2) is 0 Å². The number of hydrogen-bond acceptors (Lipinski definition) is 8. The summed E-state index contributed by atoms with van der Waals surface area (Å²) in [5.41, 5.74) is -0.797. The van der Waals surface area contributed by atoms with Crippen LogP contribution in [0.25, 0.3) is 0 Å². The number of fused-ring (bicyclic) bond motifs is 5. The van der Waals surface area contributed by atoms with Gasteiger partial charge in [-0.15, -0.1) is 0 Å². The Balaban J connectivity index is 1.36. The number of nitrogens with two attached hydrogens (primary N) is 1. The Morgan fingerprint density at radius 2 is 1.49 bits per heavy atom. The highest BCUT2D eigenvalue weighted by Crippen LogP contribution is 2.69. The smallest absolute Gasteiger partial charge is 0.306 e. The summed E-state index contributed by atoms with van der Waals surface area (Å²) in [5.74, 6) is 0.838. The molecule has 1 heterocycles. The van der Waals surface area contributed by atoms with Crippen LogP contribution in [0.5, 0.6) is 0 Å². The van der Waals surface area contributed by atoms with Crippen molar-refractivity contribution in [2.45, 2.75) is 150 Å². The van der Waals surface area contributed by atoms with Crippen molar-refractivity contribution in [2.24, 2.45) is 52.3 Å². The Morgan fingerprint density at radius 1 is 0.830 bits per heavy atom. The van der Waals surface area contributed by atoms with Crippen LogP contribution in [0.15, 0.2) is 0 Å². The van der Waals surface area contributed by atoms with E-state index in [4.69, 9.17) is 18.9 Å². The summed E-state index contributed by atoms with van der Waals surface area (Å²) in [6, 6.07) is 0. The van der Waals surface area contributed by atoms with E-state index in [1.807, 2.05) is 0 Å². The molecular formula is C38H62NO8+. The zero-order valence-corrected chi connectivity index (χ0v) is 30.3. The van der Waals surface area contributed by atoms with E-state index in [2.05, 4.69) is 39.9 Å². The molecule has 4 aliphatic carbocycles. The summed E-state index contributed by atoms with van der Waals surface area (Å²) < 4.78 is 24.3. The second kappa shape index (κ2) is 14.0. The van der Waals surface area contributed by atoms with E-state index in [0.29, 0.717) is 12.3 Å². The third-order valence-electron chi connectivity index (χ3n) is 14.0. The Bertz CT molecular complexity index is 1180. The van der Waals surface area contributed by atoms with Gasteiger partial charge < -0.3 is 24.3 Å². The van der Waals surface area contributed by atoms with Gasteiger partial charge in [-0.2, -0.15) is 0 Å². The molecule has 0 aromatic heterocycles. The third kappa shape index (κ3) is 7.26. The van der Waals surface area contributed by atoms with Gasteiger partial charge in [-0.3, -0.25) is 19.2 Å². The number of carbonyl (C=O) groups is 4. The van der Waals surface area contributed by atoms with E-state index in [9.17, 15) is 19.2 Å². The van der Waals surface area contributed by atoms with E-state index in [-0.39, 0.29) is 88.5 Å². The van der Waals surface area contributed by atoms with Gasteiger partial charge in [-0.05, 0) is 100 Å². The molecule has 9 nitrogen and oxygen atoms in total. The van der Waals surface area contributed by atoms with Crippen LogP contribution in [-0.4, -0.2) is 60.9 Å². The predicted molar refractivity (Wildman–Crippen MR) is 176 cm³/mol. The van der Waals surface area contributed by atoms with E-state index < -0.39 is 5.60 Å². The van der Waals surface area contributed by atoms with Crippen molar-refractivity contribution in [3.8, 4) is 0 Å². The fraction of sp³-hybridized carbons (Fsp3) is 0.895. The first kappa shape index (κ1) is 36.1. The Labute approximate surface area is 282 Å². The first-order valence-electron chi connectivity index (χ1n) is 18.6. The van der Waals surface area contributed by atoms with Gasteiger partial charge in [0.2, 0.25) is 0 Å². The topological polar surface area (TPSA) is 122 Å². The number of rotatable bonds is 9. The zero-order valence-electron chi connectivity index (χ0n) is 30.3. The molecule has 3 unspecified atom stereocenters. The summed E-state index contributed by atoms with van der Waals surface area (Å²) in [5, 5.41) is 2.33. The fourth-order valence-corrected chi connectivity index (χ4v) is 11.7. The predicted octanol–water partition coefficient (Wildman–Crippen LogP) is 5.37. The number of quaternary nitrogens is 1. The molecule has 0 aromatic rings. The van der Waals surface area contributed by atoms with Crippen LogP contribution >= 0.6 is 0 Å². The molecule has 0 radical (unpaired) electrons. The second-order valence-corrected chi connectivity index (χ2v) is 17.0. The Hall–Kier alpha value is -2.16. The number of hydrogen-bond donors (Lipinski definition) is 1. The lowest BCUT2D eigenvalue weighted by Gasteiger charge is -2.64. The maximum absolute atomic E-state index is 13.2. The highest BCUT2D eigenvalue weighted by atomic mass is 16.6. The normalized spacial score (nSPS) is 39.4. The SMILES string of the molecule is CC(=O)OC1CC[C@@]2(C)[C@@H](C1)CC(OC(C)=O)[C@@H]1[C@@H]2CC(OC(C)=O)[C@]2(C)[C@@H]([C@H](C)CCC(=O)OC(C)(C)C3CC[NH2+]CC3)CC[C@@H]12. The Kier molecular flexibility index (Phi) is 10.8. The van der Waals surface area contributed by atoms with Crippen LogP contribution in [0.3, 0.4) is 0 Å². The van der Waals surface area contributed by atoms with E-state index in [1.54, 1.807) is 0 Å². The lowest BCUT2D eigenvalue weighted by Crippen LogP contribution is -2.86. The molecule has 0 aromatic carbocycles. The summed E-state index contributed by atoms with van der Waals surface area (Å²) in [4.78, 5) is 50.2. The molecule has 0 bridgehead atoms. The molecule has 9 heteroatoms. The number of ether oxygens (including phenoxy) is 4. The van der Waals surface area contributed by atoms with Crippen LogP contribution in [-0.2, 0) is 38.1 Å². The van der Waals surface area contributed by atoms with Crippen molar-refractivity contribution >= 4 is 23.9 Å². The van der Waals surface area contributed by atoms with Gasteiger partial charge in [0.1, 0.15) is 23.9 Å². The van der Waals surface area contributed by atoms with Crippen molar-refractivity contribution < 1.29 is 43.4 Å². The molecule has 4 saturated carbocycles. The molecule has 0 spiro atoms. The number of piperidine rings is 1. The molecule has 5 aliphatic rings. The summed E-state index contributed by atoms with van der Waals surface area (Å²) >= 11 is 0. The van der Waals surface area contributed by atoms with Crippen molar-refractivity contribution in [3.05, 3.63) is 0 Å². The minimum atomic E-state index is -0.462. The van der Waals surface area contributed by atoms with Crippen LogP contribution < -0.4 is 5.32 Å². The average Bonchev–Trinajstić information content (AvgIpc) is 3.34. The highest BCUT2D eigenvalue weighted by Gasteiger charge is 2.67. The van der Waals surface area contributed by atoms with Gasteiger partial charge in [0.25, 0.3) is 0 Å². The van der Waals surface area contributed by atoms with Crippen LogP contribution in [0.4, 0.5) is 0 Å². The highest BCUT2D eigenvalue weighted by molar-refractivity contribution is 5.70. The first-order valence-corrected chi connectivity index (χ1v) is 18.6. The summed E-state index contributed by atoms with van der Waals surface area (Å²) in [7, 11) is 0. The number of esters is 4. The molecule has 1 saturated heterocycles. The quantitative estimate of drug-likeness (QED) is 0.259. The van der Waals surface area contributed by atoms with Crippen molar-refractivity contribution in [2.75, 3.05) is 13.1 Å². The largest absolute Gasteiger partial charge is 0.463 e. The van der Waals surface area contributed by atoms with Crippen molar-refractivity contribution in [1.82, 2.24) is 0 Å². The maximum Gasteiger partial charge on any atom is 0.306 e. The monoisotopic (exact) mass is 660 g/mol. The minimum absolute atomic E-state index is 0.0334. The van der Waals surface area contributed by atoms with Gasteiger partial charge in [0, 0.05) is 57.3 Å². The molecular weight excluding hydrogens is 598 g/mol. The second-order valence-electron chi connectivity index (χ2n) is 17.0.